The van der Waals surface area contributed by atoms with E-state index in [2.05, 4.69) is 5.32 Å². The smallest absolute Gasteiger partial charge is 0.416 e. The Hall–Kier alpha value is -3.98. The number of hydrogen-bond acceptors (Lipinski definition) is 4. The minimum Gasteiger partial charge on any atom is -0.446 e. The zero-order valence-corrected chi connectivity index (χ0v) is 25.4. The van der Waals surface area contributed by atoms with E-state index in [1.165, 1.54) is 4.90 Å². The largest absolute Gasteiger partial charge is 0.446 e. The van der Waals surface area contributed by atoms with Gasteiger partial charge in [-0.05, 0) is 86.6 Å². The number of amides is 4. The number of urea groups is 1. The summed E-state index contributed by atoms with van der Waals surface area (Å²) in [6, 6.07) is -0.0919. The monoisotopic (exact) mass is 681 g/mol. The quantitative estimate of drug-likeness (QED) is 0.320. The first-order valence-electron chi connectivity index (χ1n) is 14.8. The standard InChI is InChI=1S/C31H32F9N3O4/c1-16(2)47-28(46)43-24-9-8-20(29(32,33)34)13-23(24)26(14-25(43)19-6-4-5-7-19)42(17(3)44)27(45)41-15-18-10-21(30(35,36)37)12-22(11-18)31(38,39)40/h8-13,16,19,25-26H,4-7,14-15H2,1-3H3,(H,41,45). The number of nitrogens with one attached hydrogen (secondary N) is 1. The van der Waals surface area contributed by atoms with Crippen LogP contribution in [0.15, 0.2) is 36.4 Å². The van der Waals surface area contributed by atoms with Gasteiger partial charge in [0.05, 0.1) is 34.5 Å². The van der Waals surface area contributed by atoms with Crippen LogP contribution in [0.5, 0.6) is 0 Å². The molecule has 4 rings (SSSR count). The predicted molar refractivity (Wildman–Crippen MR) is 150 cm³/mol. The number of benzene rings is 2. The van der Waals surface area contributed by atoms with Gasteiger partial charge in [0.15, 0.2) is 0 Å². The summed E-state index contributed by atoms with van der Waals surface area (Å²) in [6.07, 6.45) is -13.9. The van der Waals surface area contributed by atoms with Crippen molar-refractivity contribution in [1.82, 2.24) is 10.2 Å². The van der Waals surface area contributed by atoms with E-state index >= 15 is 0 Å². The lowest BCUT2D eigenvalue weighted by Crippen LogP contribution is -2.53. The first-order chi connectivity index (χ1) is 21.7. The molecule has 1 saturated carbocycles. The summed E-state index contributed by atoms with van der Waals surface area (Å²) in [6.45, 7) is 3.25. The number of rotatable bonds is 5. The number of fused-ring (bicyclic) bond motifs is 1. The normalized spacial score (nSPS) is 19.0. The number of carbonyl (C=O) groups is 3. The zero-order chi connectivity index (χ0) is 35.1. The maximum atomic E-state index is 13.9. The fraction of sp³-hybridized carbons (Fsp3) is 0.516. The molecule has 0 bridgehead atoms. The van der Waals surface area contributed by atoms with Gasteiger partial charge < -0.3 is 10.1 Å². The number of ether oxygens (including phenoxy) is 1. The molecular formula is C31H32F9N3O4. The van der Waals surface area contributed by atoms with Crippen molar-refractivity contribution in [2.24, 2.45) is 5.92 Å². The van der Waals surface area contributed by atoms with E-state index in [4.69, 9.17) is 4.74 Å². The minimum absolute atomic E-state index is 0.0245. The third kappa shape index (κ3) is 8.12. The molecule has 1 heterocycles. The van der Waals surface area contributed by atoms with Crippen LogP contribution in [0.3, 0.4) is 0 Å². The van der Waals surface area contributed by atoms with Gasteiger partial charge in [-0.2, -0.15) is 39.5 Å². The number of anilines is 1. The van der Waals surface area contributed by atoms with Gasteiger partial charge in [-0.25, -0.2) is 9.59 Å². The molecule has 7 nitrogen and oxygen atoms in total. The summed E-state index contributed by atoms with van der Waals surface area (Å²) in [7, 11) is 0. The van der Waals surface area contributed by atoms with Gasteiger partial charge in [-0.3, -0.25) is 14.6 Å². The van der Waals surface area contributed by atoms with Gasteiger partial charge in [0.25, 0.3) is 0 Å². The molecule has 0 saturated heterocycles. The molecule has 1 aliphatic carbocycles. The molecule has 4 amide bonds. The van der Waals surface area contributed by atoms with Crippen molar-refractivity contribution in [1.29, 1.82) is 0 Å². The number of hydrogen-bond donors (Lipinski definition) is 1. The van der Waals surface area contributed by atoms with E-state index in [9.17, 15) is 53.9 Å². The van der Waals surface area contributed by atoms with Crippen LogP contribution in [0, 0.1) is 5.92 Å². The summed E-state index contributed by atoms with van der Waals surface area (Å²) in [4.78, 5) is 41.7. The fourth-order valence-corrected chi connectivity index (χ4v) is 6.23. The lowest BCUT2D eigenvalue weighted by Gasteiger charge is -2.45. The van der Waals surface area contributed by atoms with Crippen molar-refractivity contribution >= 4 is 23.7 Å². The molecule has 2 unspecified atom stereocenters. The summed E-state index contributed by atoms with van der Waals surface area (Å²) in [5.41, 5.74) is -5.19. The van der Waals surface area contributed by atoms with Crippen LogP contribution in [0.4, 0.5) is 54.8 Å². The van der Waals surface area contributed by atoms with E-state index in [0.29, 0.717) is 35.9 Å². The second kappa shape index (κ2) is 13.3. The topological polar surface area (TPSA) is 79.0 Å². The number of halogens is 9. The van der Waals surface area contributed by atoms with Gasteiger partial charge in [0.2, 0.25) is 5.91 Å². The Bertz CT molecular complexity index is 1470. The maximum absolute atomic E-state index is 13.9. The van der Waals surface area contributed by atoms with Crippen molar-refractivity contribution in [3.63, 3.8) is 0 Å². The van der Waals surface area contributed by atoms with Crippen molar-refractivity contribution in [2.75, 3.05) is 4.90 Å². The first kappa shape index (κ1) is 35.9. The molecule has 16 heteroatoms. The van der Waals surface area contributed by atoms with Gasteiger partial charge >= 0.3 is 30.7 Å². The average Bonchev–Trinajstić information content (AvgIpc) is 3.48. The van der Waals surface area contributed by atoms with Gasteiger partial charge in [0, 0.05) is 19.5 Å². The Morgan fingerprint density at radius 1 is 0.872 bits per heavy atom. The third-order valence-corrected chi connectivity index (χ3v) is 8.21. The Morgan fingerprint density at radius 3 is 1.91 bits per heavy atom. The van der Waals surface area contributed by atoms with E-state index in [1.807, 2.05) is 0 Å². The Balaban J connectivity index is 1.77. The second-order valence-electron chi connectivity index (χ2n) is 11.9. The molecule has 258 valence electrons. The molecular weight excluding hydrogens is 649 g/mol. The van der Waals surface area contributed by atoms with Crippen molar-refractivity contribution < 1.29 is 58.6 Å². The minimum atomic E-state index is -5.15. The molecule has 47 heavy (non-hydrogen) atoms. The highest BCUT2D eigenvalue weighted by atomic mass is 19.4. The maximum Gasteiger partial charge on any atom is 0.416 e. The number of alkyl halides is 9. The number of nitrogens with zero attached hydrogens (tertiary/aromatic N) is 2. The van der Waals surface area contributed by atoms with E-state index < -0.39 is 83.5 Å². The van der Waals surface area contributed by atoms with Crippen LogP contribution < -0.4 is 10.2 Å². The van der Waals surface area contributed by atoms with Crippen LogP contribution in [0.1, 0.15) is 86.7 Å². The van der Waals surface area contributed by atoms with Crippen LogP contribution >= 0.6 is 0 Å². The van der Waals surface area contributed by atoms with Crippen LogP contribution in [-0.2, 0) is 34.6 Å². The molecule has 2 aromatic carbocycles. The van der Waals surface area contributed by atoms with Crippen molar-refractivity contribution in [2.45, 2.75) is 96.1 Å². The van der Waals surface area contributed by atoms with E-state index in [1.54, 1.807) is 13.8 Å². The number of imide groups is 1. The number of carbonyl (C=O) groups excluding carboxylic acids is 3. The molecule has 2 atom stereocenters. The van der Waals surface area contributed by atoms with Crippen LogP contribution in [-0.4, -0.2) is 35.1 Å². The highest BCUT2D eigenvalue weighted by Gasteiger charge is 2.46. The highest BCUT2D eigenvalue weighted by molar-refractivity contribution is 5.95. The molecule has 1 aliphatic heterocycles. The lowest BCUT2D eigenvalue weighted by atomic mass is 9.82. The predicted octanol–water partition coefficient (Wildman–Crippen LogP) is 8.86. The van der Waals surface area contributed by atoms with Crippen molar-refractivity contribution in [3.8, 4) is 0 Å². The molecule has 2 aromatic rings. The highest BCUT2D eigenvalue weighted by Crippen LogP contribution is 2.48. The summed E-state index contributed by atoms with van der Waals surface area (Å²) in [5.74, 6) is -1.13. The molecule has 0 spiro atoms. The van der Waals surface area contributed by atoms with Crippen LogP contribution in [0.2, 0.25) is 0 Å². The van der Waals surface area contributed by atoms with E-state index in [-0.39, 0.29) is 29.7 Å². The fourth-order valence-electron chi connectivity index (χ4n) is 6.23. The summed E-state index contributed by atoms with van der Waals surface area (Å²) in [5, 5.41) is 2.16. The van der Waals surface area contributed by atoms with Gasteiger partial charge in [0.1, 0.15) is 0 Å². The molecule has 0 aromatic heterocycles. The Morgan fingerprint density at radius 2 is 1.43 bits per heavy atom. The van der Waals surface area contributed by atoms with Crippen LogP contribution in [0.25, 0.3) is 0 Å². The zero-order valence-electron chi connectivity index (χ0n) is 25.4. The Kier molecular flexibility index (Phi) is 10.1. The molecule has 0 radical (unpaired) electrons. The molecule has 1 N–H and O–H groups in total. The average molecular weight is 682 g/mol. The van der Waals surface area contributed by atoms with Crippen molar-refractivity contribution in [3.05, 3.63) is 64.2 Å². The SMILES string of the molecule is CC(=O)N(C(=O)NCc1cc(C(F)(F)F)cc(C(F)(F)F)c1)C1CC(C2CCCC2)N(C(=O)OC(C)C)c2ccc(C(F)(F)F)cc21. The van der Waals surface area contributed by atoms with Gasteiger partial charge in [-0.1, -0.05) is 12.8 Å². The second-order valence-corrected chi connectivity index (χ2v) is 11.9. The van der Waals surface area contributed by atoms with Gasteiger partial charge in [-0.15, -0.1) is 0 Å². The van der Waals surface area contributed by atoms with E-state index in [0.717, 1.165) is 31.9 Å². The Labute approximate surface area is 264 Å². The lowest BCUT2D eigenvalue weighted by molar-refractivity contribution is -0.143. The first-order valence-corrected chi connectivity index (χ1v) is 14.8. The molecule has 2 aliphatic rings. The molecule has 1 fully saturated rings. The third-order valence-electron chi connectivity index (χ3n) is 8.21. The summed E-state index contributed by atoms with van der Waals surface area (Å²) >= 11 is 0. The summed E-state index contributed by atoms with van der Waals surface area (Å²) < 4.78 is 127.